The quantitative estimate of drug-likeness (QED) is 0.871. The van der Waals surface area contributed by atoms with Crippen LogP contribution in [-0.2, 0) is 16.6 Å². The first-order valence-electron chi connectivity index (χ1n) is 6.16. The minimum atomic E-state index is -3.80. The zero-order chi connectivity index (χ0) is 16.2. The van der Waals surface area contributed by atoms with E-state index in [2.05, 4.69) is 9.46 Å². The summed E-state index contributed by atoms with van der Waals surface area (Å²) in [6.45, 7) is -3.16. The molecule has 0 amide bonds. The fraction of sp³-hybridized carbons (Fsp3) is 0.143. The first kappa shape index (κ1) is 16.7. The van der Waals surface area contributed by atoms with E-state index in [1.807, 2.05) is 0 Å². The number of alkyl halides is 2. The molecule has 2 aromatic rings. The molecule has 22 heavy (non-hydrogen) atoms. The van der Waals surface area contributed by atoms with Gasteiger partial charge in [0.2, 0.25) is 10.0 Å². The van der Waals surface area contributed by atoms with Crippen LogP contribution in [0.4, 0.5) is 8.78 Å². The molecule has 0 atom stereocenters. The Kier molecular flexibility index (Phi) is 5.33. The average Bonchev–Trinajstić information content (AvgIpc) is 2.46. The Labute approximate surface area is 131 Å². The Morgan fingerprint density at radius 3 is 2.55 bits per heavy atom. The van der Waals surface area contributed by atoms with Crippen molar-refractivity contribution in [2.24, 2.45) is 0 Å². The van der Waals surface area contributed by atoms with E-state index >= 15 is 0 Å². The number of para-hydroxylation sites is 1. The summed E-state index contributed by atoms with van der Waals surface area (Å²) >= 11 is 5.76. The van der Waals surface area contributed by atoms with E-state index in [0.29, 0.717) is 5.56 Å². The van der Waals surface area contributed by atoms with E-state index in [1.165, 1.54) is 36.4 Å². The predicted molar refractivity (Wildman–Crippen MR) is 78.6 cm³/mol. The molecule has 0 bridgehead atoms. The maximum Gasteiger partial charge on any atom is 0.387 e. The van der Waals surface area contributed by atoms with E-state index in [-0.39, 0.29) is 22.2 Å². The number of hydrogen-bond acceptors (Lipinski definition) is 3. The SMILES string of the molecule is O=S(=O)(NCc1ccccc1OC(F)F)c1cccc(Cl)c1. The molecule has 4 nitrogen and oxygen atoms in total. The van der Waals surface area contributed by atoms with Crippen molar-refractivity contribution >= 4 is 21.6 Å². The number of hydrogen-bond donors (Lipinski definition) is 1. The van der Waals surface area contributed by atoms with Crippen LogP contribution in [0.2, 0.25) is 5.02 Å². The van der Waals surface area contributed by atoms with Gasteiger partial charge in [0, 0.05) is 17.1 Å². The predicted octanol–water partition coefficient (Wildman–Crippen LogP) is 3.42. The Balaban J connectivity index is 2.16. The second-order valence-corrected chi connectivity index (χ2v) is 6.47. The van der Waals surface area contributed by atoms with Crippen molar-refractivity contribution in [3.63, 3.8) is 0 Å². The molecule has 8 heteroatoms. The standard InChI is InChI=1S/C14H12ClF2NO3S/c15-11-5-3-6-12(8-11)22(19,20)18-9-10-4-1-2-7-13(10)21-14(16)17/h1-8,14,18H,9H2. The highest BCUT2D eigenvalue weighted by molar-refractivity contribution is 7.89. The number of sulfonamides is 1. The van der Waals surface area contributed by atoms with E-state index < -0.39 is 16.6 Å². The lowest BCUT2D eigenvalue weighted by molar-refractivity contribution is -0.0504. The normalized spacial score (nSPS) is 11.6. The number of nitrogens with one attached hydrogen (secondary N) is 1. The van der Waals surface area contributed by atoms with Gasteiger partial charge < -0.3 is 4.74 Å². The van der Waals surface area contributed by atoms with Crippen LogP contribution in [0.25, 0.3) is 0 Å². The third-order valence-corrected chi connectivity index (χ3v) is 4.38. The largest absolute Gasteiger partial charge is 0.434 e. The van der Waals surface area contributed by atoms with E-state index in [0.717, 1.165) is 0 Å². The zero-order valence-electron chi connectivity index (χ0n) is 11.2. The van der Waals surface area contributed by atoms with Crippen molar-refractivity contribution in [2.45, 2.75) is 18.1 Å². The van der Waals surface area contributed by atoms with Gasteiger partial charge in [0.05, 0.1) is 4.90 Å². The molecule has 0 heterocycles. The second-order valence-electron chi connectivity index (χ2n) is 4.27. The summed E-state index contributed by atoms with van der Waals surface area (Å²) in [6, 6.07) is 11.7. The van der Waals surface area contributed by atoms with Crippen LogP contribution in [0, 0.1) is 0 Å². The van der Waals surface area contributed by atoms with Gasteiger partial charge >= 0.3 is 6.61 Å². The zero-order valence-corrected chi connectivity index (χ0v) is 12.7. The van der Waals surface area contributed by atoms with Crippen LogP contribution < -0.4 is 9.46 Å². The fourth-order valence-corrected chi connectivity index (χ4v) is 3.06. The first-order chi connectivity index (χ1) is 10.4. The molecule has 0 aliphatic carbocycles. The minimum absolute atomic E-state index is 0.00717. The molecule has 0 aliphatic rings. The summed E-state index contributed by atoms with van der Waals surface area (Å²) in [7, 11) is -3.80. The van der Waals surface area contributed by atoms with Crippen LogP contribution in [0.5, 0.6) is 5.75 Å². The highest BCUT2D eigenvalue weighted by Crippen LogP contribution is 2.21. The maximum atomic E-state index is 12.3. The summed E-state index contributed by atoms with van der Waals surface area (Å²) in [6.07, 6.45) is 0. The van der Waals surface area contributed by atoms with Gasteiger partial charge in [0.1, 0.15) is 5.75 Å². The molecule has 0 aromatic heterocycles. The van der Waals surface area contributed by atoms with Gasteiger partial charge in [-0.3, -0.25) is 0 Å². The van der Waals surface area contributed by atoms with Crippen molar-refractivity contribution in [3.05, 3.63) is 59.1 Å². The maximum absolute atomic E-state index is 12.3. The van der Waals surface area contributed by atoms with Crippen molar-refractivity contribution in [1.29, 1.82) is 0 Å². The molecule has 0 saturated heterocycles. The topological polar surface area (TPSA) is 55.4 Å². The summed E-state index contributed by atoms with van der Waals surface area (Å²) < 4.78 is 55.5. The van der Waals surface area contributed by atoms with Crippen molar-refractivity contribution < 1.29 is 21.9 Å². The van der Waals surface area contributed by atoms with Gasteiger partial charge in [-0.2, -0.15) is 8.78 Å². The van der Waals surface area contributed by atoms with Crippen molar-refractivity contribution in [2.75, 3.05) is 0 Å². The van der Waals surface area contributed by atoms with Crippen LogP contribution in [0.3, 0.4) is 0 Å². The van der Waals surface area contributed by atoms with Gasteiger partial charge in [0.25, 0.3) is 0 Å². The van der Waals surface area contributed by atoms with Crippen LogP contribution in [0.1, 0.15) is 5.56 Å². The monoisotopic (exact) mass is 347 g/mol. The molecule has 0 aliphatic heterocycles. The Morgan fingerprint density at radius 1 is 1.14 bits per heavy atom. The summed E-state index contributed by atoms with van der Waals surface area (Å²) in [5.41, 5.74) is 0.299. The fourth-order valence-electron chi connectivity index (χ4n) is 1.75. The number of halogens is 3. The van der Waals surface area contributed by atoms with Gasteiger partial charge in [-0.25, -0.2) is 13.1 Å². The van der Waals surface area contributed by atoms with E-state index in [4.69, 9.17) is 11.6 Å². The van der Waals surface area contributed by atoms with Crippen LogP contribution in [-0.4, -0.2) is 15.0 Å². The molecule has 2 aromatic carbocycles. The average molecular weight is 348 g/mol. The van der Waals surface area contributed by atoms with Crippen molar-refractivity contribution in [3.8, 4) is 5.75 Å². The molecule has 0 spiro atoms. The summed E-state index contributed by atoms with van der Waals surface area (Å²) in [5, 5.41) is 0.282. The second kappa shape index (κ2) is 7.04. The number of rotatable bonds is 6. The summed E-state index contributed by atoms with van der Waals surface area (Å²) in [4.78, 5) is -0.00717. The molecular formula is C14H12ClF2NO3S. The molecule has 0 unspecified atom stereocenters. The Morgan fingerprint density at radius 2 is 1.86 bits per heavy atom. The third-order valence-electron chi connectivity index (χ3n) is 2.75. The highest BCUT2D eigenvalue weighted by atomic mass is 35.5. The molecule has 2 rings (SSSR count). The minimum Gasteiger partial charge on any atom is -0.434 e. The van der Waals surface area contributed by atoms with E-state index in [9.17, 15) is 17.2 Å². The molecule has 0 saturated carbocycles. The van der Waals surface area contributed by atoms with Gasteiger partial charge in [0.15, 0.2) is 0 Å². The highest BCUT2D eigenvalue weighted by Gasteiger charge is 2.16. The number of benzene rings is 2. The lowest BCUT2D eigenvalue weighted by Gasteiger charge is -2.11. The lowest BCUT2D eigenvalue weighted by Crippen LogP contribution is -2.23. The van der Waals surface area contributed by atoms with Gasteiger partial charge in [-0.1, -0.05) is 35.9 Å². The van der Waals surface area contributed by atoms with Gasteiger partial charge in [-0.15, -0.1) is 0 Å². The molecule has 0 fully saturated rings. The molecule has 1 N–H and O–H groups in total. The Bertz CT molecular complexity index is 753. The van der Waals surface area contributed by atoms with Crippen LogP contribution in [0.15, 0.2) is 53.4 Å². The van der Waals surface area contributed by atoms with Crippen molar-refractivity contribution in [1.82, 2.24) is 4.72 Å². The smallest absolute Gasteiger partial charge is 0.387 e. The molecular weight excluding hydrogens is 336 g/mol. The number of ether oxygens (including phenoxy) is 1. The van der Waals surface area contributed by atoms with E-state index in [1.54, 1.807) is 12.1 Å². The molecule has 0 radical (unpaired) electrons. The summed E-state index contributed by atoms with van der Waals surface area (Å²) in [5.74, 6) is -0.0775. The molecule has 118 valence electrons. The Hall–Kier alpha value is -1.70. The third kappa shape index (κ3) is 4.40. The van der Waals surface area contributed by atoms with Crippen LogP contribution >= 0.6 is 11.6 Å². The lowest BCUT2D eigenvalue weighted by atomic mass is 10.2. The van der Waals surface area contributed by atoms with Gasteiger partial charge in [-0.05, 0) is 24.3 Å². The first-order valence-corrected chi connectivity index (χ1v) is 8.02.